The summed E-state index contributed by atoms with van der Waals surface area (Å²) >= 11 is 7.59. The maximum absolute atomic E-state index is 13.4. The average Bonchev–Trinajstić information content (AvgIpc) is 3.40. The van der Waals surface area contributed by atoms with Gasteiger partial charge in [0.05, 0.1) is 6.54 Å². The summed E-state index contributed by atoms with van der Waals surface area (Å²) in [6.07, 6.45) is 3.11. The van der Waals surface area contributed by atoms with Gasteiger partial charge in [0.25, 0.3) is 5.91 Å². The third-order valence-electron chi connectivity index (χ3n) is 7.04. The zero-order chi connectivity index (χ0) is 26.3. The first-order chi connectivity index (χ1) is 18.5. The molecule has 4 aromatic rings. The second-order valence-corrected chi connectivity index (χ2v) is 11.3. The molecule has 0 aliphatic carbocycles. The number of rotatable bonds is 9. The number of aromatic nitrogens is 1. The first kappa shape index (κ1) is 26.5. The van der Waals surface area contributed by atoms with Gasteiger partial charge in [0.2, 0.25) is 0 Å². The van der Waals surface area contributed by atoms with Crippen molar-refractivity contribution >= 4 is 28.8 Å². The highest BCUT2D eigenvalue weighted by Gasteiger charge is 2.25. The number of likely N-dealkylation sites (tertiary alicyclic amines) is 1. The first-order valence-corrected chi connectivity index (χ1v) is 14.3. The Morgan fingerprint density at radius 2 is 1.53 bits per heavy atom. The molecular weight excluding hydrogens is 517 g/mol. The van der Waals surface area contributed by atoms with Crippen LogP contribution in [0.1, 0.15) is 45.0 Å². The number of hydrogen-bond acceptors (Lipinski definition) is 4. The second-order valence-electron chi connectivity index (χ2n) is 9.95. The van der Waals surface area contributed by atoms with E-state index in [1.165, 1.54) is 29.0 Å². The molecule has 0 bridgehead atoms. The van der Waals surface area contributed by atoms with Gasteiger partial charge in [-0.2, -0.15) is 0 Å². The number of hydrogen-bond donors (Lipinski definition) is 0. The molecule has 4 nitrogen and oxygen atoms in total. The van der Waals surface area contributed by atoms with Crippen LogP contribution >= 0.6 is 22.9 Å². The molecule has 1 aliphatic rings. The summed E-state index contributed by atoms with van der Waals surface area (Å²) in [7, 11) is 0. The topological polar surface area (TPSA) is 36.4 Å². The van der Waals surface area contributed by atoms with Gasteiger partial charge in [-0.3, -0.25) is 9.69 Å². The lowest BCUT2D eigenvalue weighted by molar-refractivity contribution is 0.0685. The van der Waals surface area contributed by atoms with Crippen molar-refractivity contribution in [2.45, 2.75) is 38.9 Å². The second kappa shape index (κ2) is 12.7. The summed E-state index contributed by atoms with van der Waals surface area (Å²) in [5, 5.41) is 3.47. The Kier molecular flexibility index (Phi) is 8.84. The Morgan fingerprint density at radius 3 is 2.18 bits per heavy atom. The Bertz CT molecular complexity index is 1270. The van der Waals surface area contributed by atoms with Crippen molar-refractivity contribution < 1.29 is 9.18 Å². The molecule has 1 aliphatic heterocycles. The first-order valence-electron chi connectivity index (χ1n) is 13.0. The van der Waals surface area contributed by atoms with E-state index in [9.17, 15) is 9.18 Å². The summed E-state index contributed by atoms with van der Waals surface area (Å²) < 4.78 is 13.4. The third-order valence-corrected chi connectivity index (χ3v) is 8.12. The predicted molar refractivity (Wildman–Crippen MR) is 152 cm³/mol. The Labute approximate surface area is 232 Å². The van der Waals surface area contributed by atoms with Crippen molar-refractivity contribution in [2.24, 2.45) is 5.92 Å². The third kappa shape index (κ3) is 7.28. The maximum Gasteiger partial charge on any atom is 0.273 e. The standard InChI is InChI=1S/C31H31ClFN3OS/c32-27-10-6-25(7-11-27)19-35(20-26-8-12-28(33)13-9-26)21-30-34-29(22-38-30)31(37)36-16-14-24(15-17-36)18-23-4-2-1-3-5-23/h1-13,22,24H,14-21H2. The van der Waals surface area contributed by atoms with E-state index in [-0.39, 0.29) is 11.7 Å². The highest BCUT2D eigenvalue weighted by molar-refractivity contribution is 7.09. The van der Waals surface area contributed by atoms with Gasteiger partial charge in [-0.05, 0) is 66.1 Å². The minimum absolute atomic E-state index is 0.0217. The predicted octanol–water partition coefficient (Wildman–Crippen LogP) is 7.23. The van der Waals surface area contributed by atoms with Crippen LogP contribution < -0.4 is 0 Å². The molecule has 0 N–H and O–H groups in total. The fraction of sp³-hybridized carbons (Fsp3) is 0.290. The van der Waals surface area contributed by atoms with Gasteiger partial charge in [0.15, 0.2) is 0 Å². The summed E-state index contributed by atoms with van der Waals surface area (Å²) in [5.41, 5.74) is 4.04. The van der Waals surface area contributed by atoms with Crippen LogP contribution in [0.3, 0.4) is 0 Å². The number of carbonyl (C=O) groups excluding carboxylic acids is 1. The molecule has 3 aromatic carbocycles. The molecule has 5 rings (SSSR count). The van der Waals surface area contributed by atoms with Gasteiger partial charge in [-0.15, -0.1) is 11.3 Å². The Morgan fingerprint density at radius 1 is 0.895 bits per heavy atom. The Hall–Kier alpha value is -3.06. The van der Waals surface area contributed by atoms with Gasteiger partial charge in [0, 0.05) is 36.6 Å². The summed E-state index contributed by atoms with van der Waals surface area (Å²) in [6.45, 7) is 3.47. The quantitative estimate of drug-likeness (QED) is 0.222. The van der Waals surface area contributed by atoms with Crippen molar-refractivity contribution in [1.82, 2.24) is 14.8 Å². The normalized spacial score (nSPS) is 14.2. The van der Waals surface area contributed by atoms with E-state index < -0.39 is 0 Å². The number of halogens is 2. The van der Waals surface area contributed by atoms with Crippen LogP contribution in [0.25, 0.3) is 0 Å². The van der Waals surface area contributed by atoms with Gasteiger partial charge >= 0.3 is 0 Å². The minimum Gasteiger partial charge on any atom is -0.337 e. The molecule has 0 unspecified atom stereocenters. The summed E-state index contributed by atoms with van der Waals surface area (Å²) in [6, 6.07) is 25.0. The molecule has 196 valence electrons. The van der Waals surface area contributed by atoms with Gasteiger partial charge in [-0.25, -0.2) is 9.37 Å². The van der Waals surface area contributed by atoms with E-state index >= 15 is 0 Å². The average molecular weight is 548 g/mol. The smallest absolute Gasteiger partial charge is 0.273 e. The van der Waals surface area contributed by atoms with Crippen LogP contribution in [-0.4, -0.2) is 33.8 Å². The number of carbonyl (C=O) groups is 1. The van der Waals surface area contributed by atoms with Crippen molar-refractivity contribution in [3.05, 3.63) is 122 Å². The lowest BCUT2D eigenvalue weighted by Crippen LogP contribution is -2.39. The molecular formula is C31H31ClFN3OS. The fourth-order valence-corrected chi connectivity index (χ4v) is 5.92. The van der Waals surface area contributed by atoms with E-state index in [1.807, 2.05) is 52.7 Å². The number of nitrogens with zero attached hydrogens (tertiary/aromatic N) is 3. The van der Waals surface area contributed by atoms with E-state index in [1.54, 1.807) is 0 Å². The lowest BCUT2D eigenvalue weighted by atomic mass is 9.90. The largest absolute Gasteiger partial charge is 0.337 e. The molecule has 0 radical (unpaired) electrons. The van der Waals surface area contributed by atoms with E-state index in [0.29, 0.717) is 36.3 Å². The summed E-state index contributed by atoms with van der Waals surface area (Å²) in [4.78, 5) is 22.1. The SMILES string of the molecule is O=C(c1csc(CN(Cc2ccc(F)cc2)Cc2ccc(Cl)cc2)n1)N1CCC(Cc2ccccc2)CC1. The number of piperidine rings is 1. The van der Waals surface area contributed by atoms with Gasteiger partial charge in [-0.1, -0.05) is 66.2 Å². The molecule has 1 aromatic heterocycles. The zero-order valence-corrected chi connectivity index (χ0v) is 22.8. The van der Waals surface area contributed by atoms with E-state index in [2.05, 4.69) is 29.2 Å². The van der Waals surface area contributed by atoms with Crippen molar-refractivity contribution in [2.75, 3.05) is 13.1 Å². The van der Waals surface area contributed by atoms with Crippen LogP contribution in [0.5, 0.6) is 0 Å². The van der Waals surface area contributed by atoms with Gasteiger partial charge < -0.3 is 4.90 Å². The number of amides is 1. The number of benzene rings is 3. The van der Waals surface area contributed by atoms with E-state index in [0.717, 1.165) is 48.5 Å². The van der Waals surface area contributed by atoms with Crippen LogP contribution in [0.2, 0.25) is 5.02 Å². The molecule has 0 spiro atoms. The zero-order valence-electron chi connectivity index (χ0n) is 21.2. The van der Waals surface area contributed by atoms with Crippen molar-refractivity contribution in [3.8, 4) is 0 Å². The van der Waals surface area contributed by atoms with Crippen LogP contribution in [0.15, 0.2) is 84.2 Å². The minimum atomic E-state index is -0.245. The van der Waals surface area contributed by atoms with Crippen molar-refractivity contribution in [3.63, 3.8) is 0 Å². The van der Waals surface area contributed by atoms with Crippen LogP contribution in [0, 0.1) is 11.7 Å². The monoisotopic (exact) mass is 547 g/mol. The summed E-state index contributed by atoms with van der Waals surface area (Å²) in [5.74, 6) is 0.388. The molecule has 0 atom stereocenters. The molecule has 1 amide bonds. The van der Waals surface area contributed by atoms with Crippen molar-refractivity contribution in [1.29, 1.82) is 0 Å². The van der Waals surface area contributed by atoms with Crippen LogP contribution in [0.4, 0.5) is 4.39 Å². The van der Waals surface area contributed by atoms with Gasteiger partial charge in [0.1, 0.15) is 16.5 Å². The highest BCUT2D eigenvalue weighted by Crippen LogP contribution is 2.24. The molecule has 2 heterocycles. The molecule has 0 saturated carbocycles. The highest BCUT2D eigenvalue weighted by atomic mass is 35.5. The molecule has 38 heavy (non-hydrogen) atoms. The molecule has 7 heteroatoms. The lowest BCUT2D eigenvalue weighted by Gasteiger charge is -2.31. The fourth-order valence-electron chi connectivity index (χ4n) is 4.99. The van der Waals surface area contributed by atoms with E-state index in [4.69, 9.17) is 16.6 Å². The maximum atomic E-state index is 13.4. The van der Waals surface area contributed by atoms with Crippen LogP contribution in [-0.2, 0) is 26.1 Å². The molecule has 1 fully saturated rings. The molecule has 1 saturated heterocycles. The number of thiazole rings is 1. The Balaban J connectivity index is 1.21.